The van der Waals surface area contributed by atoms with E-state index in [4.69, 9.17) is 16.3 Å². The molecule has 0 radical (unpaired) electrons. The van der Waals surface area contributed by atoms with Gasteiger partial charge >= 0.3 is 5.97 Å². The zero-order valence-corrected chi connectivity index (χ0v) is 13.6. The minimum atomic E-state index is -0.427. The molecule has 0 aliphatic heterocycles. The second kappa shape index (κ2) is 6.69. The summed E-state index contributed by atoms with van der Waals surface area (Å²) in [5.41, 5.74) is 6.65. The van der Waals surface area contributed by atoms with Gasteiger partial charge in [0, 0.05) is 17.0 Å². The largest absolute Gasteiger partial charge is 0.459 e. The Morgan fingerprint density at radius 1 is 1.41 bits per heavy atom. The molecule has 0 unspecified atom stereocenters. The molecule has 118 valence electrons. The zero-order valence-electron chi connectivity index (χ0n) is 12.7. The lowest BCUT2D eigenvalue weighted by Crippen LogP contribution is -2.14. The second-order valence-electron chi connectivity index (χ2n) is 4.93. The van der Waals surface area contributed by atoms with Crippen molar-refractivity contribution in [2.45, 2.75) is 43.3 Å². The number of nitrogens with zero attached hydrogens (tertiary/aromatic N) is 3. The Hall–Kier alpha value is -2.22. The Kier molecular flexibility index (Phi) is 4.92. The van der Waals surface area contributed by atoms with E-state index in [9.17, 15) is 4.79 Å². The van der Waals surface area contributed by atoms with Gasteiger partial charge in [0.05, 0.1) is 11.7 Å². The molecular weight excluding hydrogens is 302 g/mol. The van der Waals surface area contributed by atoms with E-state index >= 15 is 0 Å². The average molecular weight is 321 g/mol. The molecule has 1 heterocycles. The number of anilines is 1. The number of nitrogen functional groups attached to an aromatic ring is 2. The van der Waals surface area contributed by atoms with Crippen LogP contribution in [0.2, 0.25) is 0 Å². The van der Waals surface area contributed by atoms with Crippen LogP contribution in [-0.2, 0) is 11.2 Å². The van der Waals surface area contributed by atoms with Crippen LogP contribution in [0.5, 0.6) is 0 Å². The Balaban J connectivity index is 2.34. The van der Waals surface area contributed by atoms with Crippen LogP contribution in [0, 0.1) is 0 Å². The number of hydrogen-bond donors (Lipinski definition) is 2. The summed E-state index contributed by atoms with van der Waals surface area (Å²) >= 11 is 1.25. The van der Waals surface area contributed by atoms with E-state index < -0.39 is 5.97 Å². The predicted octanol–water partition coefficient (Wildman–Crippen LogP) is 1.85. The van der Waals surface area contributed by atoms with Gasteiger partial charge in [0.1, 0.15) is 0 Å². The van der Waals surface area contributed by atoms with E-state index in [2.05, 4.69) is 10.2 Å². The molecule has 0 spiro atoms. The molecular formula is C14H19N5O2S. The summed E-state index contributed by atoms with van der Waals surface area (Å²) < 4.78 is 6.66. The third-order valence-electron chi connectivity index (χ3n) is 2.82. The van der Waals surface area contributed by atoms with Crippen LogP contribution < -0.4 is 11.6 Å². The fraction of sp³-hybridized carbons (Fsp3) is 0.357. The van der Waals surface area contributed by atoms with Crippen molar-refractivity contribution in [2.24, 2.45) is 0 Å². The van der Waals surface area contributed by atoms with Crippen LogP contribution in [0.3, 0.4) is 0 Å². The van der Waals surface area contributed by atoms with Crippen molar-refractivity contribution in [3.05, 3.63) is 29.6 Å². The maximum absolute atomic E-state index is 12.2. The molecule has 1 aromatic heterocycles. The number of esters is 1. The van der Waals surface area contributed by atoms with Crippen molar-refractivity contribution in [3.8, 4) is 0 Å². The zero-order chi connectivity index (χ0) is 16.3. The maximum Gasteiger partial charge on any atom is 0.339 e. The highest BCUT2D eigenvalue weighted by Gasteiger charge is 2.18. The van der Waals surface area contributed by atoms with Gasteiger partial charge in [-0.15, -0.1) is 10.2 Å². The first-order chi connectivity index (χ1) is 10.4. The van der Waals surface area contributed by atoms with E-state index in [1.165, 1.54) is 16.4 Å². The molecule has 2 rings (SSSR count). The fourth-order valence-electron chi connectivity index (χ4n) is 1.79. The van der Waals surface area contributed by atoms with Crippen molar-refractivity contribution < 1.29 is 9.53 Å². The molecule has 7 nitrogen and oxygen atoms in total. The molecule has 8 heteroatoms. The quantitative estimate of drug-likeness (QED) is 0.491. The van der Waals surface area contributed by atoms with Crippen LogP contribution in [0.25, 0.3) is 0 Å². The summed E-state index contributed by atoms with van der Waals surface area (Å²) in [6.45, 7) is 5.53. The first kappa shape index (κ1) is 16.2. The summed E-state index contributed by atoms with van der Waals surface area (Å²) in [5.74, 6) is 6.17. The summed E-state index contributed by atoms with van der Waals surface area (Å²) in [7, 11) is 0. The van der Waals surface area contributed by atoms with Crippen LogP contribution in [0.15, 0.2) is 28.3 Å². The second-order valence-corrected chi connectivity index (χ2v) is 5.94. The molecule has 0 aliphatic carbocycles. The van der Waals surface area contributed by atoms with Gasteiger partial charge in [-0.2, -0.15) is 0 Å². The normalized spacial score (nSPS) is 10.9. The van der Waals surface area contributed by atoms with Gasteiger partial charge < -0.3 is 16.3 Å². The van der Waals surface area contributed by atoms with E-state index in [1.54, 1.807) is 32.0 Å². The average Bonchev–Trinajstić information content (AvgIpc) is 2.80. The molecule has 2 aromatic rings. The van der Waals surface area contributed by atoms with Crippen LogP contribution in [0.1, 0.15) is 37.0 Å². The number of carbonyl (C=O) groups excluding carboxylic acids is 1. The molecule has 0 atom stereocenters. The molecule has 0 fully saturated rings. The lowest BCUT2D eigenvalue weighted by Gasteiger charge is -2.12. The Labute approximate surface area is 133 Å². The van der Waals surface area contributed by atoms with Crippen molar-refractivity contribution in [3.63, 3.8) is 0 Å². The molecule has 22 heavy (non-hydrogen) atoms. The summed E-state index contributed by atoms with van der Waals surface area (Å²) in [6, 6.07) is 5.05. The number of benzene rings is 1. The van der Waals surface area contributed by atoms with E-state index in [1.807, 2.05) is 6.92 Å². The summed E-state index contributed by atoms with van der Waals surface area (Å²) in [6.07, 6.45) is 0.463. The van der Waals surface area contributed by atoms with Crippen LogP contribution in [0.4, 0.5) is 5.69 Å². The third kappa shape index (κ3) is 3.51. The molecule has 0 bridgehead atoms. The number of nitrogens with two attached hydrogens (primary N) is 2. The highest BCUT2D eigenvalue weighted by molar-refractivity contribution is 7.99. The Morgan fingerprint density at radius 2 is 2.14 bits per heavy atom. The Morgan fingerprint density at radius 3 is 2.73 bits per heavy atom. The van der Waals surface area contributed by atoms with Crippen molar-refractivity contribution in [2.75, 3.05) is 11.6 Å². The van der Waals surface area contributed by atoms with Crippen molar-refractivity contribution in [1.82, 2.24) is 14.9 Å². The van der Waals surface area contributed by atoms with Gasteiger partial charge in [0.25, 0.3) is 0 Å². The van der Waals surface area contributed by atoms with E-state index in [-0.39, 0.29) is 6.10 Å². The number of aryl methyl sites for hydroxylation is 1. The number of hydrogen-bond acceptors (Lipinski definition) is 7. The maximum atomic E-state index is 12.2. The topological polar surface area (TPSA) is 109 Å². The number of rotatable bonds is 5. The van der Waals surface area contributed by atoms with Gasteiger partial charge in [-0.25, -0.2) is 9.47 Å². The van der Waals surface area contributed by atoms with Gasteiger partial charge in [-0.05, 0) is 43.8 Å². The van der Waals surface area contributed by atoms with Crippen LogP contribution in [-0.4, -0.2) is 26.9 Å². The van der Waals surface area contributed by atoms with Crippen molar-refractivity contribution >= 4 is 23.4 Å². The number of ether oxygens (including phenoxy) is 1. The third-order valence-corrected chi connectivity index (χ3v) is 3.86. The predicted molar refractivity (Wildman–Crippen MR) is 85.1 cm³/mol. The Bertz CT molecular complexity index is 684. The lowest BCUT2D eigenvalue weighted by molar-refractivity contribution is 0.0374. The molecule has 0 amide bonds. The monoisotopic (exact) mass is 321 g/mol. The highest BCUT2D eigenvalue weighted by atomic mass is 32.2. The summed E-state index contributed by atoms with van der Waals surface area (Å²) in [5, 5.41) is 8.53. The van der Waals surface area contributed by atoms with Gasteiger partial charge in [0.2, 0.25) is 5.16 Å². The lowest BCUT2D eigenvalue weighted by atomic mass is 10.2. The first-order valence-electron chi connectivity index (χ1n) is 6.90. The van der Waals surface area contributed by atoms with Gasteiger partial charge in [0.15, 0.2) is 5.82 Å². The minimum Gasteiger partial charge on any atom is -0.459 e. The number of carbonyl (C=O) groups is 1. The van der Waals surface area contributed by atoms with E-state index in [0.29, 0.717) is 33.5 Å². The smallest absolute Gasteiger partial charge is 0.339 e. The molecule has 0 saturated heterocycles. The van der Waals surface area contributed by atoms with Gasteiger partial charge in [-0.3, -0.25) is 0 Å². The molecule has 4 N–H and O–H groups in total. The summed E-state index contributed by atoms with van der Waals surface area (Å²) in [4.78, 5) is 12.9. The SMILES string of the molecule is CCc1nnc(Sc2ccc(N)cc2C(=O)OC(C)C)n1N. The van der Waals surface area contributed by atoms with Crippen LogP contribution >= 0.6 is 11.8 Å². The molecule has 0 aliphatic rings. The molecule has 0 saturated carbocycles. The van der Waals surface area contributed by atoms with E-state index in [0.717, 1.165) is 0 Å². The number of aromatic nitrogens is 3. The van der Waals surface area contributed by atoms with Gasteiger partial charge in [-0.1, -0.05) is 6.92 Å². The standard InChI is InChI=1S/C14H19N5O2S/c1-4-12-17-18-14(19(12)16)22-11-6-5-9(15)7-10(11)13(20)21-8(2)3/h5-8H,4,15-16H2,1-3H3. The molecule has 1 aromatic carbocycles. The minimum absolute atomic E-state index is 0.211. The first-order valence-corrected chi connectivity index (χ1v) is 7.71. The van der Waals surface area contributed by atoms with Crippen molar-refractivity contribution in [1.29, 1.82) is 0 Å². The highest BCUT2D eigenvalue weighted by Crippen LogP contribution is 2.30. The fourth-order valence-corrected chi connectivity index (χ4v) is 2.66.